The molecule has 9 heteroatoms. The molecule has 0 aliphatic heterocycles. The Morgan fingerprint density at radius 3 is 2.70 bits per heavy atom. The molecule has 0 radical (unpaired) electrons. The molecule has 3 aromatic heterocycles. The van der Waals surface area contributed by atoms with Crippen LogP contribution in [0.3, 0.4) is 0 Å². The van der Waals surface area contributed by atoms with Crippen molar-refractivity contribution in [3.8, 4) is 0 Å². The number of rotatable bonds is 5. The van der Waals surface area contributed by atoms with Gasteiger partial charge in [-0.2, -0.15) is 0 Å². The lowest BCUT2D eigenvalue weighted by molar-refractivity contribution is 0.0463. The smallest absolute Gasteiger partial charge is 0.348 e. The van der Waals surface area contributed by atoms with E-state index in [1.54, 1.807) is 20.0 Å². The third-order valence-electron chi connectivity index (χ3n) is 4.77. The summed E-state index contributed by atoms with van der Waals surface area (Å²) in [4.78, 5) is 34.5. The highest BCUT2D eigenvalue weighted by Gasteiger charge is 2.21. The Kier molecular flexibility index (Phi) is 5.13. The van der Waals surface area contributed by atoms with Gasteiger partial charge >= 0.3 is 11.9 Å². The predicted molar refractivity (Wildman–Crippen MR) is 115 cm³/mol. The average Bonchev–Trinajstić information content (AvgIpc) is 3.24. The SMILES string of the molecule is CCOC(=O)c1sc2nc(COC(=O)c3cn(C)c4ccccc34)nc(N)c2c1C. The molecule has 0 aliphatic rings. The maximum absolute atomic E-state index is 12.6. The van der Waals surface area contributed by atoms with Crippen molar-refractivity contribution in [1.29, 1.82) is 0 Å². The predicted octanol–water partition coefficient (Wildman–Crippen LogP) is 3.61. The Hall–Kier alpha value is -3.46. The number of nitrogens with two attached hydrogens (primary N) is 1. The van der Waals surface area contributed by atoms with E-state index < -0.39 is 11.9 Å². The molecular formula is C21H20N4O4S. The molecule has 0 unspecified atom stereocenters. The summed E-state index contributed by atoms with van der Waals surface area (Å²) in [6.45, 7) is 3.68. The van der Waals surface area contributed by atoms with Crippen LogP contribution in [-0.2, 0) is 23.1 Å². The first-order chi connectivity index (χ1) is 14.4. The largest absolute Gasteiger partial charge is 0.462 e. The van der Waals surface area contributed by atoms with Gasteiger partial charge < -0.3 is 19.8 Å². The van der Waals surface area contributed by atoms with Gasteiger partial charge in [-0.15, -0.1) is 11.3 Å². The van der Waals surface area contributed by atoms with Gasteiger partial charge in [-0.05, 0) is 25.5 Å². The molecule has 4 rings (SSSR count). The van der Waals surface area contributed by atoms with Crippen LogP contribution in [0, 0.1) is 6.92 Å². The van der Waals surface area contributed by atoms with Crippen molar-refractivity contribution in [3.63, 3.8) is 0 Å². The fourth-order valence-electron chi connectivity index (χ4n) is 3.38. The number of esters is 2. The first-order valence-corrected chi connectivity index (χ1v) is 10.2. The van der Waals surface area contributed by atoms with Crippen molar-refractivity contribution in [1.82, 2.24) is 14.5 Å². The second-order valence-corrected chi connectivity index (χ2v) is 7.73. The van der Waals surface area contributed by atoms with E-state index in [0.29, 0.717) is 26.2 Å². The molecule has 30 heavy (non-hydrogen) atoms. The molecule has 8 nitrogen and oxygen atoms in total. The highest BCUT2D eigenvalue weighted by molar-refractivity contribution is 7.20. The van der Waals surface area contributed by atoms with Crippen LogP contribution >= 0.6 is 11.3 Å². The van der Waals surface area contributed by atoms with Gasteiger partial charge in [0, 0.05) is 24.1 Å². The van der Waals surface area contributed by atoms with Crippen molar-refractivity contribution in [2.45, 2.75) is 20.5 Å². The molecule has 1 aromatic carbocycles. The normalized spacial score (nSPS) is 11.2. The van der Waals surface area contributed by atoms with Crippen LogP contribution < -0.4 is 5.73 Å². The fourth-order valence-corrected chi connectivity index (χ4v) is 4.49. The zero-order valence-corrected chi connectivity index (χ0v) is 17.6. The fraction of sp³-hybridized carbons (Fsp3) is 0.238. The number of benzene rings is 1. The summed E-state index contributed by atoms with van der Waals surface area (Å²) in [6.07, 6.45) is 1.74. The van der Waals surface area contributed by atoms with Gasteiger partial charge in [0.1, 0.15) is 15.5 Å². The molecular weight excluding hydrogens is 404 g/mol. The van der Waals surface area contributed by atoms with Crippen molar-refractivity contribution in [2.24, 2.45) is 7.05 Å². The van der Waals surface area contributed by atoms with Crippen LogP contribution in [0.1, 0.15) is 38.3 Å². The maximum Gasteiger partial charge on any atom is 0.348 e. The van der Waals surface area contributed by atoms with Crippen molar-refractivity contribution in [3.05, 3.63) is 52.3 Å². The maximum atomic E-state index is 12.6. The second kappa shape index (κ2) is 7.75. The molecule has 0 fully saturated rings. The number of ether oxygens (including phenoxy) is 2. The van der Waals surface area contributed by atoms with Crippen LogP contribution in [0.15, 0.2) is 30.5 Å². The Balaban J connectivity index is 1.59. The number of carbonyl (C=O) groups excluding carboxylic acids is 2. The summed E-state index contributed by atoms with van der Waals surface area (Å²) >= 11 is 1.19. The number of para-hydroxylation sites is 1. The third-order valence-corrected chi connectivity index (χ3v) is 5.94. The van der Waals surface area contributed by atoms with E-state index >= 15 is 0 Å². The van der Waals surface area contributed by atoms with E-state index in [9.17, 15) is 9.59 Å². The number of aromatic nitrogens is 3. The Labute approximate surface area is 176 Å². The van der Waals surface area contributed by atoms with Crippen molar-refractivity contribution in [2.75, 3.05) is 12.3 Å². The molecule has 0 spiro atoms. The molecule has 2 N–H and O–H groups in total. The molecule has 0 saturated carbocycles. The number of anilines is 1. The second-order valence-electron chi connectivity index (χ2n) is 6.73. The zero-order chi connectivity index (χ0) is 21.4. The summed E-state index contributed by atoms with van der Waals surface area (Å²) in [5.41, 5.74) is 8.19. The average molecular weight is 424 g/mol. The quantitative estimate of drug-likeness (QED) is 0.487. The molecule has 0 saturated heterocycles. The summed E-state index contributed by atoms with van der Waals surface area (Å²) in [5, 5.41) is 1.43. The number of nitrogens with zero attached hydrogens (tertiary/aromatic N) is 3. The number of carbonyl (C=O) groups is 2. The number of hydrogen-bond acceptors (Lipinski definition) is 8. The van der Waals surface area contributed by atoms with Gasteiger partial charge in [-0.25, -0.2) is 19.6 Å². The minimum atomic E-state index is -0.469. The number of thiophene rings is 1. The van der Waals surface area contributed by atoms with Crippen LogP contribution in [0.4, 0.5) is 5.82 Å². The van der Waals surface area contributed by atoms with E-state index in [4.69, 9.17) is 15.2 Å². The molecule has 3 heterocycles. The minimum Gasteiger partial charge on any atom is -0.462 e. The highest BCUT2D eigenvalue weighted by atomic mass is 32.1. The van der Waals surface area contributed by atoms with Gasteiger partial charge in [0.15, 0.2) is 12.4 Å². The lowest BCUT2D eigenvalue weighted by Gasteiger charge is -2.05. The van der Waals surface area contributed by atoms with Crippen LogP contribution in [0.25, 0.3) is 21.1 Å². The first-order valence-electron chi connectivity index (χ1n) is 9.34. The Morgan fingerprint density at radius 1 is 1.17 bits per heavy atom. The van der Waals surface area contributed by atoms with Gasteiger partial charge in [0.05, 0.1) is 17.6 Å². The van der Waals surface area contributed by atoms with Gasteiger partial charge in [0.2, 0.25) is 0 Å². The zero-order valence-electron chi connectivity index (χ0n) is 16.8. The van der Waals surface area contributed by atoms with E-state index in [2.05, 4.69) is 9.97 Å². The van der Waals surface area contributed by atoms with E-state index in [-0.39, 0.29) is 24.9 Å². The van der Waals surface area contributed by atoms with E-state index in [0.717, 1.165) is 10.9 Å². The number of fused-ring (bicyclic) bond motifs is 2. The topological polar surface area (TPSA) is 109 Å². The summed E-state index contributed by atoms with van der Waals surface area (Å²) in [6, 6.07) is 7.59. The monoisotopic (exact) mass is 424 g/mol. The molecule has 0 atom stereocenters. The van der Waals surface area contributed by atoms with E-state index in [1.807, 2.05) is 35.9 Å². The van der Waals surface area contributed by atoms with Crippen LogP contribution in [-0.4, -0.2) is 33.1 Å². The molecule has 0 amide bonds. The molecule has 154 valence electrons. The lowest BCUT2D eigenvalue weighted by Crippen LogP contribution is -2.08. The Morgan fingerprint density at radius 2 is 1.93 bits per heavy atom. The minimum absolute atomic E-state index is 0.131. The lowest BCUT2D eigenvalue weighted by atomic mass is 10.2. The van der Waals surface area contributed by atoms with Gasteiger partial charge in [-0.1, -0.05) is 18.2 Å². The molecule has 4 aromatic rings. The molecule has 0 aliphatic carbocycles. The first kappa shape index (κ1) is 19.8. The summed E-state index contributed by atoms with van der Waals surface area (Å²) in [5.74, 6) is -0.379. The van der Waals surface area contributed by atoms with E-state index in [1.165, 1.54) is 11.3 Å². The number of nitrogen functional groups attached to an aromatic ring is 1. The standard InChI is InChI=1S/C21H20N4O4S/c1-4-28-21(27)17-11(2)16-18(22)23-15(24-19(16)30-17)10-29-20(26)13-9-25(3)14-8-6-5-7-12(13)14/h5-9H,4,10H2,1-3H3,(H2,22,23,24). The third kappa shape index (κ3) is 3.37. The highest BCUT2D eigenvalue weighted by Crippen LogP contribution is 2.33. The Bertz CT molecular complexity index is 1290. The summed E-state index contributed by atoms with van der Waals surface area (Å²) in [7, 11) is 1.87. The van der Waals surface area contributed by atoms with Gasteiger partial charge in [-0.3, -0.25) is 0 Å². The molecule has 0 bridgehead atoms. The number of aryl methyl sites for hydroxylation is 2. The summed E-state index contributed by atoms with van der Waals surface area (Å²) < 4.78 is 12.4. The van der Waals surface area contributed by atoms with Crippen LogP contribution in [0.5, 0.6) is 0 Å². The number of hydrogen-bond donors (Lipinski definition) is 1. The van der Waals surface area contributed by atoms with Crippen molar-refractivity contribution < 1.29 is 19.1 Å². The van der Waals surface area contributed by atoms with Crippen LogP contribution in [0.2, 0.25) is 0 Å². The van der Waals surface area contributed by atoms with Gasteiger partial charge in [0.25, 0.3) is 0 Å². The van der Waals surface area contributed by atoms with Crippen molar-refractivity contribution >= 4 is 50.2 Å².